The summed E-state index contributed by atoms with van der Waals surface area (Å²) in [5.41, 5.74) is 1.59. The minimum atomic E-state index is -0.156. The molecular formula is C17H19BrN2O3S. The van der Waals surface area contributed by atoms with Crippen molar-refractivity contribution in [3.05, 3.63) is 50.6 Å². The van der Waals surface area contributed by atoms with E-state index in [4.69, 9.17) is 4.74 Å². The van der Waals surface area contributed by atoms with E-state index in [0.717, 1.165) is 15.8 Å². The molecule has 0 aliphatic heterocycles. The maximum Gasteiger partial charge on any atom is 0.252 e. The van der Waals surface area contributed by atoms with Crippen LogP contribution in [0.15, 0.2) is 39.5 Å². The van der Waals surface area contributed by atoms with E-state index >= 15 is 0 Å². The van der Waals surface area contributed by atoms with Gasteiger partial charge >= 0.3 is 0 Å². The van der Waals surface area contributed by atoms with Crippen LogP contribution in [-0.4, -0.2) is 25.5 Å². The van der Waals surface area contributed by atoms with Crippen LogP contribution in [0.3, 0.4) is 0 Å². The highest BCUT2D eigenvalue weighted by atomic mass is 79.9. The zero-order chi connectivity index (χ0) is 17.5. The molecule has 1 aromatic heterocycles. The standard InChI is InChI=1S/C17H19BrN2O3S/c1-11(12-3-4-15(23-2)14(18)9-12)20-16(21)5-7-19-17(22)13-6-8-24-10-13/h3-4,6,8-11H,5,7H2,1-2H3,(H,19,22)(H,20,21). The van der Waals surface area contributed by atoms with Crippen molar-refractivity contribution in [2.75, 3.05) is 13.7 Å². The molecule has 1 aromatic carbocycles. The van der Waals surface area contributed by atoms with Crippen molar-refractivity contribution < 1.29 is 14.3 Å². The van der Waals surface area contributed by atoms with Crippen molar-refractivity contribution >= 4 is 39.1 Å². The smallest absolute Gasteiger partial charge is 0.252 e. The van der Waals surface area contributed by atoms with Crippen LogP contribution < -0.4 is 15.4 Å². The molecule has 0 saturated carbocycles. The van der Waals surface area contributed by atoms with Crippen LogP contribution in [-0.2, 0) is 4.79 Å². The van der Waals surface area contributed by atoms with Crippen molar-refractivity contribution in [2.45, 2.75) is 19.4 Å². The molecule has 0 fully saturated rings. The van der Waals surface area contributed by atoms with Crippen molar-refractivity contribution in [1.82, 2.24) is 10.6 Å². The highest BCUT2D eigenvalue weighted by Gasteiger charge is 2.12. The molecule has 0 aliphatic carbocycles. The van der Waals surface area contributed by atoms with Crippen LogP contribution in [0.2, 0.25) is 0 Å². The molecule has 2 N–H and O–H groups in total. The quantitative estimate of drug-likeness (QED) is 0.733. The van der Waals surface area contributed by atoms with E-state index in [1.54, 1.807) is 18.6 Å². The van der Waals surface area contributed by atoms with Crippen molar-refractivity contribution in [1.29, 1.82) is 0 Å². The van der Waals surface area contributed by atoms with Crippen molar-refractivity contribution in [3.8, 4) is 5.75 Å². The Hall–Kier alpha value is -1.86. The predicted octanol–water partition coefficient (Wildman–Crippen LogP) is 3.52. The van der Waals surface area contributed by atoms with Gasteiger partial charge in [-0.25, -0.2) is 0 Å². The van der Waals surface area contributed by atoms with Gasteiger partial charge in [0.2, 0.25) is 5.91 Å². The average Bonchev–Trinajstić information content (AvgIpc) is 3.09. The lowest BCUT2D eigenvalue weighted by molar-refractivity contribution is -0.121. The monoisotopic (exact) mass is 410 g/mol. The maximum atomic E-state index is 12.0. The molecule has 24 heavy (non-hydrogen) atoms. The summed E-state index contributed by atoms with van der Waals surface area (Å²) in [6.07, 6.45) is 0.234. The third-order valence-corrected chi connectivity index (χ3v) is 4.78. The fourth-order valence-electron chi connectivity index (χ4n) is 2.13. The van der Waals surface area contributed by atoms with Crippen molar-refractivity contribution in [2.24, 2.45) is 0 Å². The number of halogens is 1. The number of amides is 2. The van der Waals surface area contributed by atoms with E-state index in [2.05, 4.69) is 26.6 Å². The summed E-state index contributed by atoms with van der Waals surface area (Å²) in [4.78, 5) is 23.8. The van der Waals surface area contributed by atoms with Crippen molar-refractivity contribution in [3.63, 3.8) is 0 Å². The maximum absolute atomic E-state index is 12.0. The zero-order valence-corrected chi connectivity index (χ0v) is 15.9. The Morgan fingerprint density at radius 3 is 2.75 bits per heavy atom. The first-order chi connectivity index (χ1) is 11.5. The molecule has 128 valence electrons. The van der Waals surface area contributed by atoms with Gasteiger partial charge in [-0.3, -0.25) is 9.59 Å². The van der Waals surface area contributed by atoms with Crippen LogP contribution in [0.25, 0.3) is 0 Å². The Balaban J connectivity index is 1.79. The zero-order valence-electron chi connectivity index (χ0n) is 13.5. The van der Waals surface area contributed by atoms with Gasteiger partial charge in [0.25, 0.3) is 5.91 Å². The lowest BCUT2D eigenvalue weighted by Crippen LogP contribution is -2.31. The summed E-state index contributed by atoms with van der Waals surface area (Å²) in [6, 6.07) is 7.30. The average molecular weight is 411 g/mol. The molecule has 7 heteroatoms. The molecule has 1 atom stereocenters. The van der Waals surface area contributed by atoms with Gasteiger partial charge in [-0.2, -0.15) is 11.3 Å². The number of thiophene rings is 1. The molecule has 0 spiro atoms. The molecular weight excluding hydrogens is 392 g/mol. The molecule has 0 saturated heterocycles. The van der Waals surface area contributed by atoms with Gasteiger partial charge in [0.15, 0.2) is 0 Å². The molecule has 0 aliphatic rings. The van der Waals surface area contributed by atoms with Crippen LogP contribution in [0.1, 0.15) is 35.3 Å². The third-order valence-electron chi connectivity index (χ3n) is 3.47. The van der Waals surface area contributed by atoms with E-state index in [-0.39, 0.29) is 24.3 Å². The topological polar surface area (TPSA) is 67.4 Å². The second-order valence-electron chi connectivity index (χ2n) is 5.20. The second-order valence-corrected chi connectivity index (χ2v) is 6.84. The van der Waals surface area contributed by atoms with Gasteiger partial charge in [-0.1, -0.05) is 6.07 Å². The molecule has 0 radical (unpaired) electrons. The van der Waals surface area contributed by atoms with Gasteiger partial charge in [0.05, 0.1) is 17.6 Å². The summed E-state index contributed by atoms with van der Waals surface area (Å²) in [5, 5.41) is 9.28. The Morgan fingerprint density at radius 2 is 2.12 bits per heavy atom. The fraction of sp³-hybridized carbons (Fsp3) is 0.294. The molecule has 1 unspecified atom stereocenters. The third kappa shape index (κ3) is 5.07. The Bertz CT molecular complexity index is 704. The SMILES string of the molecule is COc1ccc(C(C)NC(=O)CCNC(=O)c2ccsc2)cc1Br. The largest absolute Gasteiger partial charge is 0.496 e. The fourth-order valence-corrected chi connectivity index (χ4v) is 3.33. The number of rotatable bonds is 7. The van der Waals surface area contributed by atoms with Crippen LogP contribution in [0, 0.1) is 0 Å². The van der Waals surface area contributed by atoms with E-state index in [1.165, 1.54) is 11.3 Å². The summed E-state index contributed by atoms with van der Waals surface area (Å²) in [5.74, 6) is 0.477. The molecule has 0 bridgehead atoms. The lowest BCUT2D eigenvalue weighted by Gasteiger charge is -2.16. The highest BCUT2D eigenvalue weighted by Crippen LogP contribution is 2.27. The predicted molar refractivity (Wildman–Crippen MR) is 98.5 cm³/mol. The second kappa shape index (κ2) is 8.84. The number of carbonyl (C=O) groups is 2. The van der Waals surface area contributed by atoms with Crippen LogP contribution in [0.4, 0.5) is 0 Å². The number of hydrogen-bond acceptors (Lipinski definition) is 4. The van der Waals surface area contributed by atoms with Gasteiger partial charge in [-0.15, -0.1) is 0 Å². The summed E-state index contributed by atoms with van der Waals surface area (Å²) >= 11 is 4.90. The van der Waals surface area contributed by atoms with E-state index in [1.807, 2.05) is 30.5 Å². The van der Waals surface area contributed by atoms with E-state index in [9.17, 15) is 9.59 Å². The Morgan fingerprint density at radius 1 is 1.33 bits per heavy atom. The highest BCUT2D eigenvalue weighted by molar-refractivity contribution is 9.10. The molecule has 5 nitrogen and oxygen atoms in total. The van der Waals surface area contributed by atoms with Crippen LogP contribution >= 0.6 is 27.3 Å². The first-order valence-corrected chi connectivity index (χ1v) is 9.18. The number of nitrogens with one attached hydrogen (secondary N) is 2. The normalized spacial score (nSPS) is 11.6. The van der Waals surface area contributed by atoms with Gasteiger partial charge in [0, 0.05) is 23.9 Å². The molecule has 2 amide bonds. The minimum Gasteiger partial charge on any atom is -0.496 e. The minimum absolute atomic E-state index is 0.111. The lowest BCUT2D eigenvalue weighted by atomic mass is 10.1. The van der Waals surface area contributed by atoms with Crippen LogP contribution in [0.5, 0.6) is 5.75 Å². The number of hydrogen-bond donors (Lipinski definition) is 2. The molecule has 1 heterocycles. The number of carbonyl (C=O) groups excluding carboxylic acids is 2. The van der Waals surface area contributed by atoms with E-state index in [0.29, 0.717) is 12.1 Å². The summed E-state index contributed by atoms with van der Waals surface area (Å²) in [7, 11) is 1.61. The first-order valence-electron chi connectivity index (χ1n) is 7.44. The molecule has 2 rings (SSSR count). The summed E-state index contributed by atoms with van der Waals surface area (Å²) in [6.45, 7) is 2.22. The summed E-state index contributed by atoms with van der Waals surface area (Å²) < 4.78 is 6.03. The van der Waals surface area contributed by atoms with E-state index < -0.39 is 0 Å². The number of benzene rings is 1. The number of methoxy groups -OCH3 is 1. The van der Waals surface area contributed by atoms with Gasteiger partial charge in [-0.05, 0) is 52.0 Å². The number of ether oxygens (including phenoxy) is 1. The molecule has 2 aromatic rings. The first kappa shape index (κ1) is 18.5. The van der Waals surface area contributed by atoms with Gasteiger partial charge in [0.1, 0.15) is 5.75 Å². The van der Waals surface area contributed by atoms with Gasteiger partial charge < -0.3 is 15.4 Å². The Kier molecular flexibility index (Phi) is 6.81. The Labute approximate surface area is 153 Å².